The van der Waals surface area contributed by atoms with Gasteiger partial charge >= 0.3 is 12.2 Å². The molecule has 2 saturated heterocycles. The lowest BCUT2D eigenvalue weighted by Crippen LogP contribution is -2.58. The number of fused-ring (bicyclic) bond motifs is 4. The molecule has 3 heterocycles. The van der Waals surface area contributed by atoms with E-state index >= 15 is 0 Å². The number of methoxy groups -OCH3 is 2. The molecule has 1 aromatic heterocycles. The molecule has 0 radical (unpaired) electrons. The molecule has 8 rings (SSSR count). The summed E-state index contributed by atoms with van der Waals surface area (Å²) in [5, 5.41) is 13.7. The number of carbonyl (C=O) groups excluding carboxylic acids is 4. The summed E-state index contributed by atoms with van der Waals surface area (Å²) in [5.74, 6) is 0.809. The molecule has 2 aliphatic heterocycles. The van der Waals surface area contributed by atoms with Crippen molar-refractivity contribution in [1.82, 2.24) is 35.7 Å². The van der Waals surface area contributed by atoms with E-state index < -0.39 is 29.8 Å². The normalized spacial score (nSPS) is 21.4. The monoisotopic (exact) mass is 914 g/mol. The van der Waals surface area contributed by atoms with Crippen molar-refractivity contribution in [3.8, 4) is 22.4 Å². The maximum Gasteiger partial charge on any atom is 0.407 e. The van der Waals surface area contributed by atoms with Crippen LogP contribution >= 0.6 is 0 Å². The maximum atomic E-state index is 13.9. The van der Waals surface area contributed by atoms with E-state index in [9.17, 15) is 19.2 Å². The number of alkyl carbamates (subject to hydrolysis) is 2. The number of ether oxygens (including phenoxy) is 2. The highest BCUT2D eigenvalue weighted by molar-refractivity contribution is 5.94. The number of rotatable bonds is 13. The fraction of sp³-hybridized carbons (Fsp3) is 0.463. The van der Waals surface area contributed by atoms with Gasteiger partial charge < -0.3 is 40.2 Å². The van der Waals surface area contributed by atoms with Crippen LogP contribution in [0.3, 0.4) is 0 Å². The Kier molecular flexibility index (Phi) is 15.0. The summed E-state index contributed by atoms with van der Waals surface area (Å²) >= 11 is 0. The standard InChI is InChI=1S/C52H63N7O6.C2H6.H2/c1-9-43(54-31(5)45-12-11-23-58(45)48(61)46(30(3)4)57-51(63)65-8)39-19-17-35-24-33(13-15-37(35)26-39)34-14-16-38-27-40(20-18-36(38)25-34)44-29-53-49(56-44)52(10-2)41-21-22-42(28-41)59(52)47(60)32(6)55-50(62)64-7;1-2;/h9,13-20,24-27,29-32,41-42,45-46,54H,10-12,21-23,28H2,1-8H3,(H,53,56)(H,55,62)(H,57,63);1-2H3;1H/b43-9-;;/t31?,32-,41-,42+,45-,46-,52?;;/m0../s1. The molecule has 3 fully saturated rings. The number of nitrogens with one attached hydrogen (secondary N) is 4. The lowest BCUT2D eigenvalue weighted by atomic mass is 9.79. The molecule has 358 valence electrons. The summed E-state index contributed by atoms with van der Waals surface area (Å²) in [7, 11) is 2.61. The average Bonchev–Trinajstić information content (AvgIpc) is 4.20. The third-order valence-electron chi connectivity index (χ3n) is 14.4. The van der Waals surface area contributed by atoms with Crippen molar-refractivity contribution in [2.75, 3.05) is 20.8 Å². The number of aromatic amines is 1. The predicted octanol–water partition coefficient (Wildman–Crippen LogP) is 10.4. The van der Waals surface area contributed by atoms with Gasteiger partial charge in [0.1, 0.15) is 23.4 Å². The molecule has 3 aliphatic rings. The van der Waals surface area contributed by atoms with Gasteiger partial charge in [0.25, 0.3) is 0 Å². The molecule has 2 bridgehead atoms. The van der Waals surface area contributed by atoms with Gasteiger partial charge in [0.15, 0.2) is 0 Å². The SMILES string of the molecule is C/C=C(\NC(C)[C@@H]1CCCN1C(=O)[C@@H](NC(=O)OC)C(C)C)c1ccc2cc(-c3ccc4cc(-c5cnc(C6(CC)[C@H]7CC[C@H](C7)N6C(=O)[C@H](C)NC(=O)OC)[nH]5)ccc4c3)ccc2c1.CC.[HH]. The van der Waals surface area contributed by atoms with E-state index in [1.165, 1.54) is 14.2 Å². The number of hydrogen-bond acceptors (Lipinski definition) is 8. The molecule has 4 aromatic carbocycles. The van der Waals surface area contributed by atoms with Crippen LogP contribution < -0.4 is 16.0 Å². The minimum Gasteiger partial charge on any atom is -0.453 e. The molecule has 1 aliphatic carbocycles. The summed E-state index contributed by atoms with van der Waals surface area (Å²) in [6, 6.07) is 24.8. The third kappa shape index (κ3) is 9.47. The van der Waals surface area contributed by atoms with Gasteiger partial charge in [-0.1, -0.05) is 89.2 Å². The number of carbonyl (C=O) groups is 4. The first kappa shape index (κ1) is 48.6. The van der Waals surface area contributed by atoms with E-state index in [1.54, 1.807) is 6.92 Å². The second-order valence-electron chi connectivity index (χ2n) is 18.4. The van der Waals surface area contributed by atoms with Crippen LogP contribution in [-0.2, 0) is 24.6 Å². The van der Waals surface area contributed by atoms with Gasteiger partial charge in [-0.05, 0) is 134 Å². The molecule has 4 N–H and O–H groups in total. The van der Waals surface area contributed by atoms with Crippen molar-refractivity contribution >= 4 is 51.2 Å². The lowest BCUT2D eigenvalue weighted by molar-refractivity contribution is -0.144. The Bertz CT molecular complexity index is 2650. The van der Waals surface area contributed by atoms with Gasteiger partial charge in [-0.3, -0.25) is 9.59 Å². The second kappa shape index (κ2) is 20.7. The van der Waals surface area contributed by atoms with E-state index in [-0.39, 0.29) is 43.2 Å². The fourth-order valence-corrected chi connectivity index (χ4v) is 11.0. The summed E-state index contributed by atoms with van der Waals surface area (Å²) in [4.78, 5) is 64.2. The van der Waals surface area contributed by atoms with Crippen LogP contribution in [0, 0.1) is 11.8 Å². The van der Waals surface area contributed by atoms with Gasteiger partial charge in [-0.25, -0.2) is 14.6 Å². The lowest BCUT2D eigenvalue weighted by Gasteiger charge is -2.46. The number of piperidine rings is 1. The molecular weight excluding hydrogens is 843 g/mol. The topological polar surface area (TPSA) is 158 Å². The zero-order valence-corrected chi connectivity index (χ0v) is 40.9. The van der Waals surface area contributed by atoms with E-state index in [2.05, 4.69) is 114 Å². The fourth-order valence-electron chi connectivity index (χ4n) is 11.0. The van der Waals surface area contributed by atoms with E-state index in [4.69, 9.17) is 14.5 Å². The highest BCUT2D eigenvalue weighted by Crippen LogP contribution is 2.56. The molecular formula is C54H71N7O6. The second-order valence-corrected chi connectivity index (χ2v) is 18.4. The number of allylic oxidation sites excluding steroid dienone is 1. The minimum atomic E-state index is -0.719. The number of likely N-dealkylation sites (tertiary alicyclic amines) is 2. The molecule has 7 atom stereocenters. The highest BCUT2D eigenvalue weighted by Gasteiger charge is 2.60. The number of H-pyrrole nitrogens is 1. The van der Waals surface area contributed by atoms with E-state index in [0.717, 1.165) is 93.1 Å². The first-order valence-electron chi connectivity index (χ1n) is 24.2. The zero-order chi connectivity index (χ0) is 48.2. The Hall–Kier alpha value is -6.37. The zero-order valence-electron chi connectivity index (χ0n) is 40.9. The molecule has 0 spiro atoms. The van der Waals surface area contributed by atoms with Crippen LogP contribution in [0.25, 0.3) is 49.6 Å². The summed E-state index contributed by atoms with van der Waals surface area (Å²) in [6.07, 6.45) is 8.16. The van der Waals surface area contributed by atoms with Crippen LogP contribution in [0.5, 0.6) is 0 Å². The van der Waals surface area contributed by atoms with Crippen molar-refractivity contribution in [2.45, 2.75) is 130 Å². The molecule has 2 unspecified atom stereocenters. The predicted molar refractivity (Wildman–Crippen MR) is 268 cm³/mol. The Balaban J connectivity index is 0.00000250. The molecule has 13 heteroatoms. The highest BCUT2D eigenvalue weighted by atomic mass is 16.5. The summed E-state index contributed by atoms with van der Waals surface area (Å²) in [6.45, 7) is 16.5. The maximum absolute atomic E-state index is 13.9. The first-order chi connectivity index (χ1) is 32.3. The van der Waals surface area contributed by atoms with E-state index in [0.29, 0.717) is 13.0 Å². The van der Waals surface area contributed by atoms with Crippen LogP contribution in [-0.4, -0.2) is 94.7 Å². The number of hydrogen-bond donors (Lipinski definition) is 4. The van der Waals surface area contributed by atoms with Gasteiger partial charge in [-0.2, -0.15) is 0 Å². The Morgan fingerprint density at radius 1 is 0.806 bits per heavy atom. The van der Waals surface area contributed by atoms with Gasteiger partial charge in [0, 0.05) is 31.3 Å². The molecule has 1 saturated carbocycles. The largest absolute Gasteiger partial charge is 0.453 e. The summed E-state index contributed by atoms with van der Waals surface area (Å²) in [5.41, 5.74) is 5.67. The van der Waals surface area contributed by atoms with Gasteiger partial charge in [0.2, 0.25) is 11.8 Å². The number of aromatic nitrogens is 2. The number of imidazole rings is 1. The van der Waals surface area contributed by atoms with Gasteiger partial charge in [0.05, 0.1) is 32.2 Å². The van der Waals surface area contributed by atoms with Crippen molar-refractivity contribution in [3.05, 3.63) is 96.5 Å². The van der Waals surface area contributed by atoms with Crippen molar-refractivity contribution in [3.63, 3.8) is 0 Å². The van der Waals surface area contributed by atoms with Crippen molar-refractivity contribution in [2.24, 2.45) is 11.8 Å². The Morgan fingerprint density at radius 2 is 1.40 bits per heavy atom. The number of benzene rings is 4. The van der Waals surface area contributed by atoms with Crippen molar-refractivity contribution < 1.29 is 30.1 Å². The Morgan fingerprint density at radius 3 is 2.01 bits per heavy atom. The number of nitrogens with zero attached hydrogens (tertiary/aromatic N) is 3. The van der Waals surface area contributed by atoms with Crippen LogP contribution in [0.4, 0.5) is 9.59 Å². The molecule has 4 amide bonds. The smallest absolute Gasteiger partial charge is 0.407 e. The number of amides is 4. The van der Waals surface area contributed by atoms with Crippen LogP contribution in [0.1, 0.15) is 107 Å². The quantitative estimate of drug-likeness (QED) is 0.0909. The Labute approximate surface area is 396 Å². The molecule has 67 heavy (non-hydrogen) atoms. The van der Waals surface area contributed by atoms with Gasteiger partial charge in [-0.15, -0.1) is 0 Å². The van der Waals surface area contributed by atoms with Crippen LogP contribution in [0.2, 0.25) is 0 Å². The van der Waals surface area contributed by atoms with E-state index in [1.807, 2.05) is 50.6 Å². The van der Waals surface area contributed by atoms with Crippen LogP contribution in [0.15, 0.2) is 85.1 Å². The minimum absolute atomic E-state index is 0. The third-order valence-corrected chi connectivity index (χ3v) is 14.4. The van der Waals surface area contributed by atoms with Crippen molar-refractivity contribution in [1.29, 1.82) is 0 Å². The summed E-state index contributed by atoms with van der Waals surface area (Å²) < 4.78 is 9.59. The first-order valence-corrected chi connectivity index (χ1v) is 24.2. The molecule has 13 nitrogen and oxygen atoms in total. The average molecular weight is 914 g/mol. The molecule has 5 aromatic rings.